The Morgan fingerprint density at radius 3 is 2.29 bits per heavy atom. The van der Waals surface area contributed by atoms with Crippen LogP contribution in [0.15, 0.2) is 96.5 Å². The van der Waals surface area contributed by atoms with E-state index in [2.05, 4.69) is 50.0 Å². The van der Waals surface area contributed by atoms with Crippen molar-refractivity contribution in [1.82, 2.24) is 4.98 Å². The zero-order valence-electron chi connectivity index (χ0n) is 18.2. The summed E-state index contributed by atoms with van der Waals surface area (Å²) in [5.41, 5.74) is 4.53. The largest absolute Gasteiger partial charge is 0.459 e. The van der Waals surface area contributed by atoms with Gasteiger partial charge in [0.05, 0.1) is 6.61 Å². The zero-order valence-corrected chi connectivity index (χ0v) is 18.9. The molecule has 0 aliphatic heterocycles. The van der Waals surface area contributed by atoms with Crippen LogP contribution in [0, 0.1) is 5.41 Å². The van der Waals surface area contributed by atoms with Gasteiger partial charge in [0.2, 0.25) is 0 Å². The molecule has 3 nitrogen and oxygen atoms in total. The lowest BCUT2D eigenvalue weighted by Crippen LogP contribution is -2.33. The second-order valence-electron chi connectivity index (χ2n) is 8.27. The molecule has 0 amide bonds. The maximum Gasteiger partial charge on any atom is 0.134 e. The molecule has 0 spiro atoms. The van der Waals surface area contributed by atoms with E-state index in [4.69, 9.17) is 21.1 Å². The SMILES string of the molecule is CC(C)(C)C(OCC=CCl)C(=Cc1cccnc1)Oc1ccc(-c2ccccc2)cc1. The molecule has 0 aliphatic rings. The van der Waals surface area contributed by atoms with Crippen molar-refractivity contribution < 1.29 is 9.47 Å². The molecular weight excluding hydrogens is 406 g/mol. The summed E-state index contributed by atoms with van der Waals surface area (Å²) < 4.78 is 12.5. The third-order valence-corrected chi connectivity index (χ3v) is 4.86. The minimum absolute atomic E-state index is 0.196. The van der Waals surface area contributed by atoms with E-state index in [1.165, 1.54) is 11.1 Å². The summed E-state index contributed by atoms with van der Waals surface area (Å²) in [7, 11) is 0. The molecule has 4 heteroatoms. The third kappa shape index (κ3) is 6.81. The lowest BCUT2D eigenvalue weighted by Gasteiger charge is -2.32. The number of pyridine rings is 1. The van der Waals surface area contributed by atoms with Gasteiger partial charge in [0.15, 0.2) is 0 Å². The van der Waals surface area contributed by atoms with E-state index in [0.29, 0.717) is 6.61 Å². The first-order valence-electron chi connectivity index (χ1n) is 10.3. The summed E-state index contributed by atoms with van der Waals surface area (Å²) >= 11 is 5.69. The second kappa shape index (κ2) is 10.9. The highest BCUT2D eigenvalue weighted by Gasteiger charge is 2.31. The van der Waals surface area contributed by atoms with Crippen molar-refractivity contribution in [3.8, 4) is 16.9 Å². The summed E-state index contributed by atoms with van der Waals surface area (Å²) in [6.45, 7) is 6.77. The van der Waals surface area contributed by atoms with Gasteiger partial charge in [-0.3, -0.25) is 4.98 Å². The minimum atomic E-state index is -0.283. The van der Waals surface area contributed by atoms with Crippen molar-refractivity contribution >= 4 is 17.7 Å². The molecule has 0 aliphatic carbocycles. The smallest absolute Gasteiger partial charge is 0.134 e. The van der Waals surface area contributed by atoms with Gasteiger partial charge in [-0.2, -0.15) is 0 Å². The lowest BCUT2D eigenvalue weighted by atomic mass is 9.87. The Kier molecular flexibility index (Phi) is 8.05. The van der Waals surface area contributed by atoms with Crippen molar-refractivity contribution in [2.75, 3.05) is 6.61 Å². The molecule has 1 atom stereocenters. The molecule has 0 radical (unpaired) electrons. The normalized spacial score (nSPS) is 13.4. The summed E-state index contributed by atoms with van der Waals surface area (Å²) in [4.78, 5) is 4.22. The molecule has 3 rings (SSSR count). The molecule has 1 unspecified atom stereocenters. The van der Waals surface area contributed by atoms with E-state index < -0.39 is 0 Å². The highest BCUT2D eigenvalue weighted by Crippen LogP contribution is 2.32. The molecule has 1 aromatic heterocycles. The highest BCUT2D eigenvalue weighted by atomic mass is 35.5. The van der Waals surface area contributed by atoms with E-state index in [1.54, 1.807) is 18.5 Å². The standard InChI is InChI=1S/C27H28ClNO2/c1-27(2,3)26(30-18-8-16-28)25(19-21-9-7-17-29-20-21)31-24-14-12-23(13-15-24)22-10-5-4-6-11-22/h4-17,19-20,26H,18H2,1-3H3. The van der Waals surface area contributed by atoms with E-state index >= 15 is 0 Å². The van der Waals surface area contributed by atoms with Crippen LogP contribution in [0.1, 0.15) is 26.3 Å². The van der Waals surface area contributed by atoms with Crippen LogP contribution in [0.5, 0.6) is 5.75 Å². The average molecular weight is 434 g/mol. The Bertz CT molecular complexity index is 991. The predicted octanol–water partition coefficient (Wildman–Crippen LogP) is 7.35. The molecule has 31 heavy (non-hydrogen) atoms. The first kappa shape index (κ1) is 22.8. The van der Waals surface area contributed by atoms with Gasteiger partial charge < -0.3 is 9.47 Å². The van der Waals surface area contributed by atoms with Gasteiger partial charge in [0, 0.05) is 17.9 Å². The van der Waals surface area contributed by atoms with E-state index in [9.17, 15) is 0 Å². The van der Waals surface area contributed by atoms with Crippen molar-refractivity contribution in [2.24, 2.45) is 5.41 Å². The Hall–Kier alpha value is -2.88. The molecule has 1 heterocycles. The number of benzene rings is 2. The van der Waals surface area contributed by atoms with Gasteiger partial charge in [-0.15, -0.1) is 0 Å². The maximum atomic E-state index is 6.38. The molecule has 0 fully saturated rings. The van der Waals surface area contributed by atoms with Crippen LogP contribution in [-0.2, 0) is 4.74 Å². The third-order valence-electron chi connectivity index (χ3n) is 4.68. The summed E-state index contributed by atoms with van der Waals surface area (Å²) in [5, 5.41) is 0. The number of ether oxygens (including phenoxy) is 2. The first-order valence-corrected chi connectivity index (χ1v) is 10.7. The second-order valence-corrected chi connectivity index (χ2v) is 8.52. The van der Waals surface area contributed by atoms with Crippen molar-refractivity contribution in [1.29, 1.82) is 0 Å². The van der Waals surface area contributed by atoms with Crippen molar-refractivity contribution in [3.63, 3.8) is 0 Å². The Labute approximate surface area is 190 Å². The van der Waals surface area contributed by atoms with Crippen LogP contribution >= 0.6 is 11.6 Å². The minimum Gasteiger partial charge on any atom is -0.459 e. The van der Waals surface area contributed by atoms with Crippen LogP contribution in [0.25, 0.3) is 17.2 Å². The number of rotatable bonds is 8. The molecule has 0 N–H and O–H groups in total. The summed E-state index contributed by atoms with van der Waals surface area (Å²) in [6, 6.07) is 22.3. The van der Waals surface area contributed by atoms with Gasteiger partial charge in [-0.25, -0.2) is 0 Å². The number of hydrogen-bond donors (Lipinski definition) is 0. The van der Waals surface area contributed by atoms with Crippen LogP contribution in [0.3, 0.4) is 0 Å². The van der Waals surface area contributed by atoms with Gasteiger partial charge in [0.25, 0.3) is 0 Å². The number of halogens is 1. The van der Waals surface area contributed by atoms with Gasteiger partial charge >= 0.3 is 0 Å². The average Bonchev–Trinajstić information content (AvgIpc) is 2.77. The first-order chi connectivity index (χ1) is 15.0. The van der Waals surface area contributed by atoms with Crippen molar-refractivity contribution in [2.45, 2.75) is 26.9 Å². The quantitative estimate of drug-likeness (QED) is 0.348. The lowest BCUT2D eigenvalue weighted by molar-refractivity contribution is 0.00170. The maximum absolute atomic E-state index is 6.38. The molecule has 0 bridgehead atoms. The molecular formula is C27H28ClNO2. The number of aromatic nitrogens is 1. The topological polar surface area (TPSA) is 31.4 Å². The fourth-order valence-electron chi connectivity index (χ4n) is 3.21. The fraction of sp³-hybridized carbons (Fsp3) is 0.222. The molecule has 0 saturated heterocycles. The monoisotopic (exact) mass is 433 g/mol. The number of nitrogens with zero attached hydrogens (tertiary/aromatic N) is 1. The fourth-order valence-corrected chi connectivity index (χ4v) is 3.29. The Morgan fingerprint density at radius 1 is 0.968 bits per heavy atom. The zero-order chi connectivity index (χ0) is 22.1. The van der Waals surface area contributed by atoms with Crippen LogP contribution in [0.4, 0.5) is 0 Å². The summed E-state index contributed by atoms with van der Waals surface area (Å²) in [6.07, 6.45) is 7.03. The molecule has 0 saturated carbocycles. The predicted molar refractivity (Wildman–Crippen MR) is 129 cm³/mol. The van der Waals surface area contributed by atoms with Crippen molar-refractivity contribution in [3.05, 3.63) is 102 Å². The van der Waals surface area contributed by atoms with E-state index in [1.807, 2.05) is 48.5 Å². The number of hydrogen-bond acceptors (Lipinski definition) is 3. The van der Waals surface area contributed by atoms with Gasteiger partial charge in [-0.1, -0.05) is 80.9 Å². The highest BCUT2D eigenvalue weighted by molar-refractivity contribution is 6.25. The molecule has 3 aromatic rings. The molecule has 2 aromatic carbocycles. The molecule has 160 valence electrons. The summed E-state index contributed by atoms with van der Waals surface area (Å²) in [5.74, 6) is 1.47. The Balaban J connectivity index is 1.91. The van der Waals surface area contributed by atoms with Crippen LogP contribution < -0.4 is 4.74 Å². The Morgan fingerprint density at radius 2 is 1.68 bits per heavy atom. The van der Waals surface area contributed by atoms with Crippen LogP contribution in [-0.4, -0.2) is 17.7 Å². The van der Waals surface area contributed by atoms with E-state index in [-0.39, 0.29) is 11.5 Å². The van der Waals surface area contributed by atoms with Crippen LogP contribution in [0.2, 0.25) is 0 Å². The van der Waals surface area contributed by atoms with Gasteiger partial charge in [0.1, 0.15) is 17.6 Å². The van der Waals surface area contributed by atoms with Gasteiger partial charge in [-0.05, 0) is 52.5 Å². The van der Waals surface area contributed by atoms with E-state index in [0.717, 1.165) is 22.6 Å².